The van der Waals surface area contributed by atoms with Gasteiger partial charge in [0, 0.05) is 24.0 Å². The molecule has 154 valence electrons. The van der Waals surface area contributed by atoms with Crippen molar-refractivity contribution in [3.8, 4) is 0 Å². The number of azide groups is 1. The van der Waals surface area contributed by atoms with Crippen LogP contribution in [0.4, 0.5) is 0 Å². The summed E-state index contributed by atoms with van der Waals surface area (Å²) in [7, 11) is 2.97. The summed E-state index contributed by atoms with van der Waals surface area (Å²) in [6, 6.07) is 8.88. The summed E-state index contributed by atoms with van der Waals surface area (Å²) >= 11 is 1.40. The van der Waals surface area contributed by atoms with E-state index < -0.39 is 41.4 Å². The molecule has 0 aliphatic carbocycles. The third-order valence-corrected chi connectivity index (χ3v) is 6.47. The van der Waals surface area contributed by atoms with Crippen LogP contribution in [0.2, 0.25) is 0 Å². The van der Waals surface area contributed by atoms with E-state index in [1.807, 2.05) is 30.3 Å². The first-order valence-corrected chi connectivity index (χ1v) is 9.77. The molecule has 0 spiro atoms. The number of hydrogen-bond donors (Lipinski definition) is 1. The average molecular weight is 411 g/mol. The van der Waals surface area contributed by atoms with Crippen LogP contribution in [0.3, 0.4) is 0 Å². The Morgan fingerprint density at radius 1 is 1.14 bits per heavy atom. The van der Waals surface area contributed by atoms with Crippen LogP contribution in [0, 0.1) is 0 Å². The number of fused-ring (bicyclic) bond motifs is 1. The number of thioether (sulfide) groups is 1. The van der Waals surface area contributed by atoms with Gasteiger partial charge in [0.15, 0.2) is 0 Å². The first kappa shape index (κ1) is 21.4. The minimum absolute atomic E-state index is 0.289. The average Bonchev–Trinajstić information content (AvgIpc) is 2.71. The van der Waals surface area contributed by atoms with E-state index in [0.29, 0.717) is 0 Å². The van der Waals surface area contributed by atoms with Gasteiger partial charge in [-0.15, -0.1) is 0 Å². The number of rotatable bonds is 6. The molecule has 7 atom stereocenters. The second-order valence-corrected chi connectivity index (χ2v) is 7.99. The van der Waals surface area contributed by atoms with E-state index in [1.165, 1.54) is 26.0 Å². The van der Waals surface area contributed by atoms with Crippen molar-refractivity contribution in [3.05, 3.63) is 40.8 Å². The Hall–Kier alpha value is -1.36. The Bertz CT molecular complexity index is 721. The van der Waals surface area contributed by atoms with Gasteiger partial charge in [0.25, 0.3) is 0 Å². The molecule has 1 aromatic rings. The predicted octanol–water partition coefficient (Wildman–Crippen LogP) is 2.68. The molecule has 0 unspecified atom stereocenters. The van der Waals surface area contributed by atoms with Gasteiger partial charge in [-0.05, 0) is 31.5 Å². The lowest BCUT2D eigenvalue weighted by Gasteiger charge is -2.56. The molecule has 9 nitrogen and oxygen atoms in total. The SMILES string of the molecule is CO[C@@]1(C)O[C@@H]2[C@@H](N=[N+]=[N-])[C@H](Sc3ccccc3)O[C@H](CO)[C@H]2O[C@]1(C)OC. The predicted molar refractivity (Wildman–Crippen MR) is 102 cm³/mol. The zero-order chi connectivity index (χ0) is 20.4. The van der Waals surface area contributed by atoms with E-state index in [-0.39, 0.29) is 6.61 Å². The fourth-order valence-electron chi connectivity index (χ4n) is 3.43. The summed E-state index contributed by atoms with van der Waals surface area (Å²) < 4.78 is 29.6. The van der Waals surface area contributed by atoms with Gasteiger partial charge in [-0.2, -0.15) is 0 Å². The summed E-state index contributed by atoms with van der Waals surface area (Å²) in [5.74, 6) is -2.51. The van der Waals surface area contributed by atoms with Crippen LogP contribution in [0.1, 0.15) is 13.8 Å². The fraction of sp³-hybridized carbons (Fsp3) is 0.667. The quantitative estimate of drug-likeness (QED) is 0.435. The normalized spacial score (nSPS) is 40.4. The third-order valence-electron chi connectivity index (χ3n) is 5.30. The summed E-state index contributed by atoms with van der Waals surface area (Å²) in [5, 5.41) is 13.9. The lowest BCUT2D eigenvalue weighted by Crippen LogP contribution is -2.72. The minimum Gasteiger partial charge on any atom is -0.394 e. The molecular formula is C18H25N3O6S. The molecule has 28 heavy (non-hydrogen) atoms. The van der Waals surface area contributed by atoms with Crippen molar-refractivity contribution >= 4 is 11.8 Å². The highest BCUT2D eigenvalue weighted by molar-refractivity contribution is 7.99. The molecular weight excluding hydrogens is 386 g/mol. The molecule has 3 rings (SSSR count). The highest BCUT2D eigenvalue weighted by Crippen LogP contribution is 2.46. The monoisotopic (exact) mass is 411 g/mol. The molecule has 2 fully saturated rings. The molecule has 0 saturated carbocycles. The topological polar surface area (TPSA) is 115 Å². The molecule has 0 aromatic heterocycles. The van der Waals surface area contributed by atoms with Gasteiger partial charge in [-0.3, -0.25) is 0 Å². The molecule has 10 heteroatoms. The zero-order valence-electron chi connectivity index (χ0n) is 16.2. The standard InChI is InChI=1S/C18H25N3O6S/c1-17(23-3)18(2,24-4)27-15-13(20-21-19)16(25-12(10-22)14(15)26-17)28-11-8-6-5-7-9-11/h5-9,12-16,22H,10H2,1-4H3/t12-,13-,14-,15-,16+,17+,18+/m1/s1. The van der Waals surface area contributed by atoms with Gasteiger partial charge in [0.2, 0.25) is 11.6 Å². The van der Waals surface area contributed by atoms with E-state index in [2.05, 4.69) is 10.0 Å². The second kappa shape index (κ2) is 8.56. The van der Waals surface area contributed by atoms with Crippen LogP contribution in [0.15, 0.2) is 40.3 Å². The Labute approximate surface area is 167 Å². The van der Waals surface area contributed by atoms with E-state index >= 15 is 0 Å². The Kier molecular flexibility index (Phi) is 6.53. The van der Waals surface area contributed by atoms with Gasteiger partial charge in [-0.25, -0.2) is 0 Å². The lowest BCUT2D eigenvalue weighted by atomic mass is 9.93. The third kappa shape index (κ3) is 3.74. The van der Waals surface area contributed by atoms with Crippen LogP contribution in [0.25, 0.3) is 10.4 Å². The molecule has 2 heterocycles. The summed E-state index contributed by atoms with van der Waals surface area (Å²) in [4.78, 5) is 3.92. The van der Waals surface area contributed by atoms with E-state index in [4.69, 9.17) is 29.2 Å². The number of benzene rings is 1. The maximum atomic E-state index is 9.91. The highest BCUT2D eigenvalue weighted by atomic mass is 32.2. The van der Waals surface area contributed by atoms with E-state index in [0.717, 1.165) is 4.90 Å². The first-order chi connectivity index (χ1) is 13.4. The van der Waals surface area contributed by atoms with E-state index in [9.17, 15) is 5.11 Å². The van der Waals surface area contributed by atoms with Crippen LogP contribution >= 0.6 is 11.8 Å². The van der Waals surface area contributed by atoms with Gasteiger partial charge in [0.1, 0.15) is 29.8 Å². The minimum atomic E-state index is -1.26. The van der Waals surface area contributed by atoms with Crippen molar-refractivity contribution < 1.29 is 28.8 Å². The number of aliphatic hydroxyl groups is 1. The molecule has 0 bridgehead atoms. The lowest BCUT2D eigenvalue weighted by molar-refractivity contribution is -0.463. The van der Waals surface area contributed by atoms with Crippen molar-refractivity contribution in [2.45, 2.75) is 60.1 Å². The molecule has 1 aromatic carbocycles. The number of aliphatic hydroxyl groups excluding tert-OH is 1. The van der Waals surface area contributed by atoms with E-state index in [1.54, 1.807) is 13.8 Å². The highest BCUT2D eigenvalue weighted by Gasteiger charge is 2.62. The molecule has 2 saturated heterocycles. The Balaban J connectivity index is 1.96. The first-order valence-electron chi connectivity index (χ1n) is 8.89. The summed E-state index contributed by atoms with van der Waals surface area (Å²) in [6.07, 6.45) is -2.09. The van der Waals surface area contributed by atoms with Crippen molar-refractivity contribution in [2.75, 3.05) is 20.8 Å². The number of ether oxygens (including phenoxy) is 5. The van der Waals surface area contributed by atoms with Crippen molar-refractivity contribution in [1.82, 2.24) is 0 Å². The van der Waals surface area contributed by atoms with Crippen molar-refractivity contribution in [1.29, 1.82) is 0 Å². The largest absolute Gasteiger partial charge is 0.394 e. The number of methoxy groups -OCH3 is 2. The summed E-state index contributed by atoms with van der Waals surface area (Å²) in [6.45, 7) is 3.10. The molecule has 0 radical (unpaired) electrons. The van der Waals surface area contributed by atoms with Gasteiger partial charge in [0.05, 0.1) is 6.61 Å². The van der Waals surface area contributed by atoms with Crippen molar-refractivity contribution in [2.24, 2.45) is 5.11 Å². The number of hydrogen-bond acceptors (Lipinski definition) is 8. The zero-order valence-corrected chi connectivity index (χ0v) is 17.0. The summed E-state index contributed by atoms with van der Waals surface area (Å²) in [5.41, 5.74) is 8.57. The molecule has 1 N–H and O–H groups in total. The maximum absolute atomic E-state index is 9.91. The van der Waals surface area contributed by atoms with Crippen LogP contribution in [0.5, 0.6) is 0 Å². The number of nitrogens with zero attached hydrogens (tertiary/aromatic N) is 3. The van der Waals surface area contributed by atoms with Crippen LogP contribution in [-0.4, -0.2) is 67.3 Å². The Morgan fingerprint density at radius 2 is 1.75 bits per heavy atom. The van der Waals surface area contributed by atoms with Crippen LogP contribution < -0.4 is 0 Å². The second-order valence-electron chi connectivity index (χ2n) is 6.82. The molecule has 0 amide bonds. The smallest absolute Gasteiger partial charge is 0.220 e. The van der Waals surface area contributed by atoms with Gasteiger partial charge >= 0.3 is 0 Å². The maximum Gasteiger partial charge on any atom is 0.220 e. The van der Waals surface area contributed by atoms with Gasteiger partial charge < -0.3 is 28.8 Å². The van der Waals surface area contributed by atoms with Crippen molar-refractivity contribution in [3.63, 3.8) is 0 Å². The van der Waals surface area contributed by atoms with Crippen LogP contribution in [-0.2, 0) is 23.7 Å². The molecule has 2 aliphatic rings. The molecule has 2 aliphatic heterocycles. The van der Waals surface area contributed by atoms with Gasteiger partial charge in [-0.1, -0.05) is 35.1 Å². The Morgan fingerprint density at radius 3 is 2.29 bits per heavy atom. The fourth-order valence-corrected chi connectivity index (χ4v) is 4.56.